The van der Waals surface area contributed by atoms with E-state index in [2.05, 4.69) is 10.2 Å². The lowest BCUT2D eigenvalue weighted by Gasteiger charge is -2.33. The molecule has 1 aromatic carbocycles. The van der Waals surface area contributed by atoms with Crippen molar-refractivity contribution in [2.45, 2.75) is 53.0 Å². The van der Waals surface area contributed by atoms with E-state index in [4.69, 9.17) is 4.74 Å². The lowest BCUT2D eigenvalue weighted by atomic mass is 10.0. The zero-order valence-electron chi connectivity index (χ0n) is 16.4. The molecule has 1 aromatic heterocycles. The average molecular weight is 370 g/mol. The van der Waals surface area contributed by atoms with Crippen LogP contribution in [0.25, 0.3) is 5.69 Å². The van der Waals surface area contributed by atoms with Crippen LogP contribution in [-0.2, 0) is 9.53 Å². The molecule has 144 valence electrons. The van der Waals surface area contributed by atoms with Crippen molar-refractivity contribution in [1.82, 2.24) is 19.9 Å². The number of aryl methyl sites for hydroxylation is 3. The lowest BCUT2D eigenvalue weighted by Crippen LogP contribution is -2.44. The predicted octanol–water partition coefficient (Wildman–Crippen LogP) is 2.75. The molecule has 1 saturated heterocycles. The van der Waals surface area contributed by atoms with Crippen molar-refractivity contribution in [3.8, 4) is 5.69 Å². The highest BCUT2D eigenvalue weighted by Crippen LogP contribution is 2.17. The molecule has 3 rings (SSSR count). The zero-order valence-corrected chi connectivity index (χ0v) is 16.4. The molecule has 0 saturated carbocycles. The molecule has 7 nitrogen and oxygen atoms in total. The second-order valence-electron chi connectivity index (χ2n) is 7.22. The van der Waals surface area contributed by atoms with Crippen LogP contribution in [0, 0.1) is 20.8 Å². The minimum absolute atomic E-state index is 0.134. The van der Waals surface area contributed by atoms with Gasteiger partial charge < -0.3 is 9.64 Å². The van der Waals surface area contributed by atoms with E-state index in [-0.39, 0.29) is 24.2 Å². The molecule has 0 spiro atoms. The number of ether oxygens (including phenoxy) is 1. The fraction of sp³-hybridized carbons (Fsp3) is 0.500. The highest BCUT2D eigenvalue weighted by Gasteiger charge is 2.25. The van der Waals surface area contributed by atoms with Gasteiger partial charge in [0.2, 0.25) is 0 Å². The summed E-state index contributed by atoms with van der Waals surface area (Å²) in [6.07, 6.45) is 3.11. The number of hydrogen-bond donors (Lipinski definition) is 0. The minimum atomic E-state index is -0.624. The Hall–Kier alpha value is -2.70. The molecule has 0 aliphatic carbocycles. The average Bonchev–Trinajstić information content (AvgIpc) is 3.01. The Morgan fingerprint density at radius 1 is 1.19 bits per heavy atom. The van der Waals surface area contributed by atoms with Crippen molar-refractivity contribution in [1.29, 1.82) is 0 Å². The number of hydrogen-bond acceptors (Lipinski definition) is 5. The van der Waals surface area contributed by atoms with Gasteiger partial charge in [0.1, 0.15) is 0 Å². The molecule has 1 amide bonds. The lowest BCUT2D eigenvalue weighted by molar-refractivity contribution is -0.137. The number of aromatic nitrogens is 3. The molecule has 7 heteroatoms. The second-order valence-corrected chi connectivity index (χ2v) is 7.22. The molecule has 1 atom stereocenters. The Bertz CT molecular complexity index is 859. The first kappa shape index (κ1) is 19.1. The topological polar surface area (TPSA) is 77.3 Å². The van der Waals surface area contributed by atoms with Gasteiger partial charge in [0.05, 0.1) is 11.4 Å². The SMILES string of the molecule is Cc1ccc(-n2nc(C)c(C(=O)OCC(=O)N3CCCC[C@@H]3C)n2)c(C)c1. The number of nitrogens with zero attached hydrogens (tertiary/aromatic N) is 4. The summed E-state index contributed by atoms with van der Waals surface area (Å²) >= 11 is 0. The van der Waals surface area contributed by atoms with Crippen molar-refractivity contribution < 1.29 is 14.3 Å². The van der Waals surface area contributed by atoms with Crippen LogP contribution in [0.5, 0.6) is 0 Å². The molecule has 2 aromatic rings. The number of benzene rings is 1. The number of piperidine rings is 1. The molecule has 0 unspecified atom stereocenters. The largest absolute Gasteiger partial charge is 0.451 e. The van der Waals surface area contributed by atoms with Crippen molar-refractivity contribution in [3.63, 3.8) is 0 Å². The van der Waals surface area contributed by atoms with Gasteiger partial charge in [0, 0.05) is 12.6 Å². The normalized spacial score (nSPS) is 17.0. The smallest absolute Gasteiger partial charge is 0.361 e. The molecular weight excluding hydrogens is 344 g/mol. The summed E-state index contributed by atoms with van der Waals surface area (Å²) in [5, 5.41) is 8.61. The third-order valence-electron chi connectivity index (χ3n) is 4.99. The number of amides is 1. The van der Waals surface area contributed by atoms with Gasteiger partial charge in [-0.25, -0.2) is 4.79 Å². The summed E-state index contributed by atoms with van der Waals surface area (Å²) in [5.41, 5.74) is 3.57. The Morgan fingerprint density at radius 2 is 1.96 bits per heavy atom. The third-order valence-corrected chi connectivity index (χ3v) is 4.99. The first-order chi connectivity index (χ1) is 12.9. The zero-order chi connectivity index (χ0) is 19.6. The standard InChI is InChI=1S/C20H26N4O3/c1-13-8-9-17(14(2)11-13)24-21-16(4)19(22-24)20(26)27-12-18(25)23-10-6-5-7-15(23)3/h8-9,11,15H,5-7,10,12H2,1-4H3/t15-/m0/s1. The van der Waals surface area contributed by atoms with Crippen LogP contribution in [0.2, 0.25) is 0 Å². The van der Waals surface area contributed by atoms with Gasteiger partial charge in [-0.15, -0.1) is 5.10 Å². The Kier molecular flexibility index (Phi) is 5.58. The number of carbonyl (C=O) groups is 2. The van der Waals surface area contributed by atoms with E-state index in [1.165, 1.54) is 4.80 Å². The maximum atomic E-state index is 12.4. The van der Waals surface area contributed by atoms with Crippen LogP contribution in [-0.4, -0.2) is 51.0 Å². The van der Waals surface area contributed by atoms with Crippen molar-refractivity contribution in [2.75, 3.05) is 13.2 Å². The predicted molar refractivity (Wildman–Crippen MR) is 101 cm³/mol. The maximum absolute atomic E-state index is 12.4. The van der Waals surface area contributed by atoms with Crippen LogP contribution >= 0.6 is 0 Å². The number of esters is 1. The number of likely N-dealkylation sites (tertiary alicyclic amines) is 1. The van der Waals surface area contributed by atoms with Crippen LogP contribution in [0.3, 0.4) is 0 Å². The Balaban J connectivity index is 1.68. The summed E-state index contributed by atoms with van der Waals surface area (Å²) < 4.78 is 5.22. The highest BCUT2D eigenvalue weighted by atomic mass is 16.5. The van der Waals surface area contributed by atoms with Crippen molar-refractivity contribution in [3.05, 3.63) is 40.7 Å². The first-order valence-electron chi connectivity index (χ1n) is 9.35. The molecular formula is C20H26N4O3. The van der Waals surface area contributed by atoms with E-state index >= 15 is 0 Å². The summed E-state index contributed by atoms with van der Waals surface area (Å²) in [6, 6.07) is 6.11. The Morgan fingerprint density at radius 3 is 2.67 bits per heavy atom. The molecule has 1 aliphatic rings. The van der Waals surface area contributed by atoms with Gasteiger partial charge in [0.15, 0.2) is 12.3 Å². The fourth-order valence-electron chi connectivity index (χ4n) is 3.45. The number of carbonyl (C=O) groups excluding carboxylic acids is 2. The van der Waals surface area contributed by atoms with E-state index < -0.39 is 5.97 Å². The van der Waals surface area contributed by atoms with E-state index in [9.17, 15) is 9.59 Å². The molecule has 1 fully saturated rings. The van der Waals surface area contributed by atoms with Crippen LogP contribution in [0.1, 0.15) is 53.5 Å². The van der Waals surface area contributed by atoms with E-state index in [0.717, 1.165) is 42.6 Å². The first-order valence-corrected chi connectivity index (χ1v) is 9.35. The van der Waals surface area contributed by atoms with Gasteiger partial charge in [0.25, 0.3) is 5.91 Å². The molecule has 1 aliphatic heterocycles. The molecule has 27 heavy (non-hydrogen) atoms. The number of rotatable bonds is 4. The summed E-state index contributed by atoms with van der Waals surface area (Å²) in [4.78, 5) is 28.0. The van der Waals surface area contributed by atoms with Gasteiger partial charge in [-0.1, -0.05) is 17.7 Å². The quantitative estimate of drug-likeness (QED) is 0.774. The molecule has 0 radical (unpaired) electrons. The van der Waals surface area contributed by atoms with Gasteiger partial charge in [-0.3, -0.25) is 4.79 Å². The minimum Gasteiger partial charge on any atom is -0.451 e. The van der Waals surface area contributed by atoms with Crippen LogP contribution < -0.4 is 0 Å². The summed E-state index contributed by atoms with van der Waals surface area (Å²) in [6.45, 7) is 8.17. The van der Waals surface area contributed by atoms with E-state index in [1.54, 1.807) is 11.8 Å². The summed E-state index contributed by atoms with van der Waals surface area (Å²) in [5.74, 6) is -0.781. The third kappa shape index (κ3) is 4.18. The van der Waals surface area contributed by atoms with Crippen molar-refractivity contribution in [2.24, 2.45) is 0 Å². The van der Waals surface area contributed by atoms with Crippen molar-refractivity contribution >= 4 is 11.9 Å². The highest BCUT2D eigenvalue weighted by molar-refractivity contribution is 5.90. The van der Waals surface area contributed by atoms with Crippen LogP contribution in [0.4, 0.5) is 0 Å². The molecule has 2 heterocycles. The van der Waals surface area contributed by atoms with E-state index in [0.29, 0.717) is 5.69 Å². The maximum Gasteiger partial charge on any atom is 0.361 e. The molecule has 0 N–H and O–H groups in total. The molecule has 0 bridgehead atoms. The second kappa shape index (κ2) is 7.90. The fourth-order valence-corrected chi connectivity index (χ4v) is 3.45. The van der Waals surface area contributed by atoms with Gasteiger partial charge >= 0.3 is 5.97 Å². The van der Waals surface area contributed by atoms with Gasteiger partial charge in [-0.2, -0.15) is 9.90 Å². The summed E-state index contributed by atoms with van der Waals surface area (Å²) in [7, 11) is 0. The van der Waals surface area contributed by atoms with Crippen LogP contribution in [0.15, 0.2) is 18.2 Å². The van der Waals surface area contributed by atoms with Gasteiger partial charge in [-0.05, 0) is 58.6 Å². The Labute approximate surface area is 159 Å². The van der Waals surface area contributed by atoms with E-state index in [1.807, 2.05) is 39.0 Å². The monoisotopic (exact) mass is 370 g/mol.